The summed E-state index contributed by atoms with van der Waals surface area (Å²) < 4.78 is 59.7. The molecule has 158 valence electrons. The van der Waals surface area contributed by atoms with E-state index in [0.29, 0.717) is 29.1 Å². The number of benzene rings is 2. The largest absolute Gasteiger partial charge is 0.494 e. The van der Waals surface area contributed by atoms with Crippen LogP contribution in [0.5, 0.6) is 11.5 Å². The number of hydrogen-bond donors (Lipinski definition) is 0. The van der Waals surface area contributed by atoms with Gasteiger partial charge in [0.25, 0.3) is 0 Å². The zero-order chi connectivity index (χ0) is 21.4. The maximum absolute atomic E-state index is 14.5. The van der Waals surface area contributed by atoms with Crippen molar-refractivity contribution in [2.75, 3.05) is 27.4 Å². The fourth-order valence-electron chi connectivity index (χ4n) is 3.28. The molecule has 6 nitrogen and oxygen atoms in total. The van der Waals surface area contributed by atoms with Crippen LogP contribution in [0.3, 0.4) is 0 Å². The average Bonchev–Trinajstić information content (AvgIpc) is 3.41. The standard InChI is InChI=1S/C20H17BrF3N3O3/c1-28-17-6-12(21)11(5-15(17)24)20-25-19(10-3-4-30-9-10)26-27(20)16-7-13(22)14(23)8-18(16)29-2/h5-8,10H,3-4,9H2,1-2H3. The summed E-state index contributed by atoms with van der Waals surface area (Å²) in [6.07, 6.45) is 0.719. The van der Waals surface area contributed by atoms with Gasteiger partial charge >= 0.3 is 0 Å². The third-order valence-corrected chi connectivity index (χ3v) is 5.51. The number of ether oxygens (including phenoxy) is 3. The highest BCUT2D eigenvalue weighted by Gasteiger charge is 2.27. The van der Waals surface area contributed by atoms with E-state index < -0.39 is 17.5 Å². The van der Waals surface area contributed by atoms with Crippen molar-refractivity contribution in [1.82, 2.24) is 14.8 Å². The summed E-state index contributed by atoms with van der Waals surface area (Å²) in [4.78, 5) is 4.59. The second-order valence-electron chi connectivity index (χ2n) is 6.67. The van der Waals surface area contributed by atoms with Gasteiger partial charge < -0.3 is 14.2 Å². The monoisotopic (exact) mass is 483 g/mol. The van der Waals surface area contributed by atoms with Crippen LogP contribution in [-0.2, 0) is 4.74 Å². The summed E-state index contributed by atoms with van der Waals surface area (Å²) in [6, 6.07) is 4.60. The van der Waals surface area contributed by atoms with E-state index in [1.54, 1.807) is 0 Å². The summed E-state index contributed by atoms with van der Waals surface area (Å²) >= 11 is 3.40. The molecule has 1 aliphatic rings. The van der Waals surface area contributed by atoms with E-state index >= 15 is 0 Å². The van der Waals surface area contributed by atoms with Gasteiger partial charge in [0, 0.05) is 34.7 Å². The lowest BCUT2D eigenvalue weighted by molar-refractivity contribution is 0.193. The minimum atomic E-state index is -1.07. The SMILES string of the molecule is COc1cc(Br)c(-c2nc(C3CCOC3)nn2-c2cc(F)c(F)cc2OC)cc1F. The van der Waals surface area contributed by atoms with Gasteiger partial charge in [0.1, 0.15) is 11.4 Å². The van der Waals surface area contributed by atoms with E-state index in [1.807, 2.05) is 0 Å². The Hall–Kier alpha value is -2.59. The van der Waals surface area contributed by atoms with Crippen LogP contribution >= 0.6 is 15.9 Å². The summed E-state index contributed by atoms with van der Waals surface area (Å²) in [5.74, 6) is -2.01. The minimum absolute atomic E-state index is 0.0477. The number of nitrogens with zero attached hydrogens (tertiary/aromatic N) is 3. The molecule has 3 aromatic rings. The summed E-state index contributed by atoms with van der Waals surface area (Å²) in [5, 5.41) is 4.51. The predicted molar refractivity (Wildman–Crippen MR) is 106 cm³/mol. The number of halogens is 4. The zero-order valence-electron chi connectivity index (χ0n) is 16.1. The van der Waals surface area contributed by atoms with Gasteiger partial charge in [-0.25, -0.2) is 22.8 Å². The van der Waals surface area contributed by atoms with Gasteiger partial charge in [-0.2, -0.15) is 5.10 Å². The molecule has 1 atom stereocenters. The summed E-state index contributed by atoms with van der Waals surface area (Å²) in [5.41, 5.74) is 0.491. The molecule has 1 aromatic heterocycles. The Morgan fingerprint density at radius 2 is 1.77 bits per heavy atom. The van der Waals surface area contributed by atoms with E-state index in [9.17, 15) is 13.2 Å². The average molecular weight is 484 g/mol. The molecule has 1 aliphatic heterocycles. The molecule has 0 aliphatic carbocycles. The Bertz CT molecular complexity index is 1100. The lowest BCUT2D eigenvalue weighted by Crippen LogP contribution is -2.06. The molecule has 1 fully saturated rings. The van der Waals surface area contributed by atoms with E-state index in [2.05, 4.69) is 26.0 Å². The Kier molecular flexibility index (Phi) is 5.70. The minimum Gasteiger partial charge on any atom is -0.494 e. The van der Waals surface area contributed by atoms with E-state index in [1.165, 1.54) is 31.0 Å². The van der Waals surface area contributed by atoms with Crippen LogP contribution in [0.4, 0.5) is 13.2 Å². The van der Waals surface area contributed by atoms with Crippen molar-refractivity contribution in [3.63, 3.8) is 0 Å². The van der Waals surface area contributed by atoms with Crippen LogP contribution in [-0.4, -0.2) is 42.2 Å². The third kappa shape index (κ3) is 3.65. The molecule has 4 rings (SSSR count). The van der Waals surface area contributed by atoms with Crippen molar-refractivity contribution in [2.45, 2.75) is 12.3 Å². The lowest BCUT2D eigenvalue weighted by atomic mass is 10.1. The topological polar surface area (TPSA) is 58.4 Å². The highest BCUT2D eigenvalue weighted by atomic mass is 79.9. The second kappa shape index (κ2) is 8.27. The molecule has 0 N–H and O–H groups in total. The molecule has 0 bridgehead atoms. The normalized spacial score (nSPS) is 16.1. The van der Waals surface area contributed by atoms with Crippen LogP contribution in [0.25, 0.3) is 17.1 Å². The molecule has 30 heavy (non-hydrogen) atoms. The fourth-order valence-corrected chi connectivity index (χ4v) is 3.78. The van der Waals surface area contributed by atoms with Crippen molar-refractivity contribution in [3.05, 3.63) is 52.0 Å². The van der Waals surface area contributed by atoms with Crippen molar-refractivity contribution in [1.29, 1.82) is 0 Å². The van der Waals surface area contributed by atoms with Crippen molar-refractivity contribution >= 4 is 15.9 Å². The molecule has 2 heterocycles. The maximum atomic E-state index is 14.5. The van der Waals surface area contributed by atoms with Gasteiger partial charge in [-0.05, 0) is 34.5 Å². The van der Waals surface area contributed by atoms with E-state index in [0.717, 1.165) is 18.6 Å². The molecular weight excluding hydrogens is 467 g/mol. The highest BCUT2D eigenvalue weighted by Crippen LogP contribution is 2.37. The van der Waals surface area contributed by atoms with Crippen molar-refractivity contribution in [2.24, 2.45) is 0 Å². The second-order valence-corrected chi connectivity index (χ2v) is 7.53. The fraction of sp³-hybridized carbons (Fsp3) is 0.300. The molecule has 0 spiro atoms. The smallest absolute Gasteiger partial charge is 0.165 e. The molecule has 0 saturated carbocycles. The first-order valence-corrected chi connectivity index (χ1v) is 9.83. The Morgan fingerprint density at radius 3 is 2.43 bits per heavy atom. The van der Waals surface area contributed by atoms with Crippen LogP contribution in [0.1, 0.15) is 18.2 Å². The van der Waals surface area contributed by atoms with Gasteiger partial charge in [0.2, 0.25) is 0 Å². The van der Waals surface area contributed by atoms with Crippen molar-refractivity contribution in [3.8, 4) is 28.6 Å². The van der Waals surface area contributed by atoms with Crippen LogP contribution in [0.15, 0.2) is 28.7 Å². The van der Waals surface area contributed by atoms with E-state index in [4.69, 9.17) is 14.2 Å². The first-order chi connectivity index (χ1) is 14.4. The Morgan fingerprint density at radius 1 is 1.03 bits per heavy atom. The Balaban J connectivity index is 1.95. The molecular formula is C20H17BrF3N3O3. The van der Waals surface area contributed by atoms with Crippen LogP contribution < -0.4 is 9.47 Å². The molecule has 10 heteroatoms. The maximum Gasteiger partial charge on any atom is 0.165 e. The Labute approximate surface area is 178 Å². The first-order valence-electron chi connectivity index (χ1n) is 9.04. The van der Waals surface area contributed by atoms with Gasteiger partial charge in [-0.3, -0.25) is 0 Å². The third-order valence-electron chi connectivity index (χ3n) is 4.85. The molecule has 1 saturated heterocycles. The number of methoxy groups -OCH3 is 2. The molecule has 0 radical (unpaired) electrons. The number of rotatable bonds is 5. The molecule has 1 unspecified atom stereocenters. The van der Waals surface area contributed by atoms with E-state index in [-0.39, 0.29) is 28.9 Å². The van der Waals surface area contributed by atoms with Gasteiger partial charge in [-0.15, -0.1) is 0 Å². The predicted octanol–water partition coefficient (Wildman–Crippen LogP) is 4.64. The van der Waals surface area contributed by atoms with Crippen LogP contribution in [0.2, 0.25) is 0 Å². The van der Waals surface area contributed by atoms with Gasteiger partial charge in [-0.1, -0.05) is 0 Å². The summed E-state index contributed by atoms with van der Waals surface area (Å²) in [6.45, 7) is 1.01. The molecule has 0 amide bonds. The lowest BCUT2D eigenvalue weighted by Gasteiger charge is -2.13. The van der Waals surface area contributed by atoms with Crippen LogP contribution in [0, 0.1) is 17.5 Å². The zero-order valence-corrected chi connectivity index (χ0v) is 17.7. The number of aromatic nitrogens is 3. The quantitative estimate of drug-likeness (QED) is 0.529. The molecule has 2 aromatic carbocycles. The van der Waals surface area contributed by atoms with Gasteiger partial charge in [0.05, 0.1) is 20.8 Å². The summed E-state index contributed by atoms with van der Waals surface area (Å²) in [7, 11) is 2.69. The first kappa shape index (κ1) is 20.7. The highest BCUT2D eigenvalue weighted by molar-refractivity contribution is 9.10. The number of hydrogen-bond acceptors (Lipinski definition) is 5. The van der Waals surface area contributed by atoms with Gasteiger partial charge in [0.15, 0.2) is 34.8 Å². The van der Waals surface area contributed by atoms with Crippen molar-refractivity contribution < 1.29 is 27.4 Å².